The van der Waals surface area contributed by atoms with Gasteiger partial charge < -0.3 is 9.84 Å². The molecule has 2 aromatic rings. The standard InChI is InChI=1S/C18H16F2O3.C2H6/c1-23-18(22)12-6-4-11(5-7-12)17(21)15-13(10-2-3-10)8-9-14(19)16(15)20;1-2/h4-10,17,21H,2-3H2,1H3;1-2H3. The third-order valence-corrected chi connectivity index (χ3v) is 4.10. The minimum Gasteiger partial charge on any atom is -0.465 e. The largest absolute Gasteiger partial charge is 0.465 e. The number of halogens is 2. The first-order chi connectivity index (χ1) is 12.0. The normalized spacial score (nSPS) is 14.3. The van der Waals surface area contributed by atoms with Crippen LogP contribution in [0.2, 0.25) is 0 Å². The number of hydrogen-bond acceptors (Lipinski definition) is 3. The van der Waals surface area contributed by atoms with Gasteiger partial charge in [0, 0.05) is 5.56 Å². The SMILES string of the molecule is CC.COC(=O)c1ccc(C(O)c2c(C3CC3)ccc(F)c2F)cc1. The number of carbonyl (C=O) groups is 1. The number of carbonyl (C=O) groups excluding carboxylic acids is 1. The number of esters is 1. The average Bonchev–Trinajstić information content (AvgIpc) is 3.49. The summed E-state index contributed by atoms with van der Waals surface area (Å²) in [4.78, 5) is 11.4. The maximum absolute atomic E-state index is 14.2. The van der Waals surface area contributed by atoms with Crippen molar-refractivity contribution in [2.75, 3.05) is 7.11 Å². The molecule has 0 aromatic heterocycles. The van der Waals surface area contributed by atoms with Gasteiger partial charge in [0.05, 0.1) is 12.7 Å². The zero-order valence-electron chi connectivity index (χ0n) is 14.6. The van der Waals surface area contributed by atoms with Crippen molar-refractivity contribution in [3.05, 3.63) is 70.3 Å². The Morgan fingerprint density at radius 3 is 2.24 bits per heavy atom. The van der Waals surface area contributed by atoms with Crippen LogP contribution in [0.1, 0.15) is 65.8 Å². The second-order valence-electron chi connectivity index (χ2n) is 5.65. The minimum absolute atomic E-state index is 0.0154. The Morgan fingerprint density at radius 1 is 1.12 bits per heavy atom. The summed E-state index contributed by atoms with van der Waals surface area (Å²) < 4.78 is 32.4. The van der Waals surface area contributed by atoms with E-state index in [-0.39, 0.29) is 11.5 Å². The van der Waals surface area contributed by atoms with Gasteiger partial charge >= 0.3 is 5.97 Å². The number of benzene rings is 2. The second-order valence-corrected chi connectivity index (χ2v) is 5.65. The van der Waals surface area contributed by atoms with Crippen LogP contribution in [0, 0.1) is 11.6 Å². The topological polar surface area (TPSA) is 46.5 Å². The summed E-state index contributed by atoms with van der Waals surface area (Å²) in [6.07, 6.45) is 0.533. The smallest absolute Gasteiger partial charge is 0.337 e. The van der Waals surface area contributed by atoms with E-state index in [1.165, 1.54) is 37.4 Å². The van der Waals surface area contributed by atoms with E-state index in [9.17, 15) is 18.7 Å². The molecule has 0 amide bonds. The van der Waals surface area contributed by atoms with Gasteiger partial charge in [-0.1, -0.05) is 32.0 Å². The van der Waals surface area contributed by atoms with Crippen LogP contribution in [0.4, 0.5) is 8.78 Å². The number of methoxy groups -OCH3 is 1. The molecule has 1 fully saturated rings. The van der Waals surface area contributed by atoms with E-state index in [0.29, 0.717) is 16.7 Å². The third kappa shape index (κ3) is 4.04. The zero-order chi connectivity index (χ0) is 18.6. The maximum Gasteiger partial charge on any atom is 0.337 e. The highest BCUT2D eigenvalue weighted by atomic mass is 19.2. The predicted molar refractivity (Wildman–Crippen MR) is 91.5 cm³/mol. The second kappa shape index (κ2) is 8.21. The lowest BCUT2D eigenvalue weighted by Crippen LogP contribution is -2.09. The molecule has 3 rings (SSSR count). The summed E-state index contributed by atoms with van der Waals surface area (Å²) in [5, 5.41) is 10.5. The average molecular weight is 348 g/mol. The summed E-state index contributed by atoms with van der Waals surface area (Å²) in [6.45, 7) is 4.00. The fourth-order valence-electron chi connectivity index (χ4n) is 2.70. The quantitative estimate of drug-likeness (QED) is 0.812. The van der Waals surface area contributed by atoms with Crippen LogP contribution in [0.3, 0.4) is 0 Å². The first-order valence-corrected chi connectivity index (χ1v) is 8.37. The molecule has 0 spiro atoms. The predicted octanol–water partition coefficient (Wildman–Crippen LogP) is 4.74. The lowest BCUT2D eigenvalue weighted by atomic mass is 9.93. The van der Waals surface area contributed by atoms with Crippen molar-refractivity contribution in [3.8, 4) is 0 Å². The van der Waals surface area contributed by atoms with E-state index in [1.54, 1.807) is 0 Å². The fourth-order valence-corrected chi connectivity index (χ4v) is 2.70. The Kier molecular flexibility index (Phi) is 6.26. The number of ether oxygens (including phenoxy) is 1. The number of hydrogen-bond donors (Lipinski definition) is 1. The highest BCUT2D eigenvalue weighted by Gasteiger charge is 2.31. The van der Waals surface area contributed by atoms with E-state index >= 15 is 0 Å². The van der Waals surface area contributed by atoms with Gasteiger partial charge in [0.15, 0.2) is 11.6 Å². The van der Waals surface area contributed by atoms with Crippen molar-refractivity contribution in [2.45, 2.75) is 38.7 Å². The van der Waals surface area contributed by atoms with E-state index in [0.717, 1.165) is 18.9 Å². The van der Waals surface area contributed by atoms with Gasteiger partial charge in [0.25, 0.3) is 0 Å². The molecule has 1 unspecified atom stereocenters. The van der Waals surface area contributed by atoms with Crippen LogP contribution in [-0.4, -0.2) is 18.2 Å². The molecular formula is C20H22F2O3. The molecule has 1 atom stereocenters. The highest BCUT2D eigenvalue weighted by molar-refractivity contribution is 5.89. The fraction of sp³-hybridized carbons (Fsp3) is 0.350. The van der Waals surface area contributed by atoms with Crippen LogP contribution in [0.25, 0.3) is 0 Å². The van der Waals surface area contributed by atoms with Crippen LogP contribution in [0.5, 0.6) is 0 Å². The van der Waals surface area contributed by atoms with Gasteiger partial charge in [0.2, 0.25) is 0 Å². The van der Waals surface area contributed by atoms with Crippen molar-refractivity contribution in [2.24, 2.45) is 0 Å². The summed E-state index contributed by atoms with van der Waals surface area (Å²) in [5.74, 6) is -2.32. The molecule has 5 heteroatoms. The molecule has 3 nitrogen and oxygen atoms in total. The molecule has 1 aliphatic carbocycles. The van der Waals surface area contributed by atoms with Crippen molar-refractivity contribution in [1.82, 2.24) is 0 Å². The summed E-state index contributed by atoms with van der Waals surface area (Å²) in [6, 6.07) is 8.63. The summed E-state index contributed by atoms with van der Waals surface area (Å²) in [7, 11) is 1.27. The molecule has 1 saturated carbocycles. The van der Waals surface area contributed by atoms with Gasteiger partial charge in [-0.05, 0) is 48.1 Å². The number of aliphatic hydroxyl groups excluding tert-OH is 1. The van der Waals surface area contributed by atoms with E-state index in [4.69, 9.17) is 0 Å². The molecule has 0 bridgehead atoms. The molecule has 0 aliphatic heterocycles. The molecule has 0 heterocycles. The monoisotopic (exact) mass is 348 g/mol. The van der Waals surface area contributed by atoms with Gasteiger partial charge in [-0.3, -0.25) is 0 Å². The van der Waals surface area contributed by atoms with Gasteiger partial charge in [0.1, 0.15) is 6.10 Å². The van der Waals surface area contributed by atoms with Crippen LogP contribution >= 0.6 is 0 Å². The lowest BCUT2D eigenvalue weighted by molar-refractivity contribution is 0.0600. The Labute approximate surface area is 146 Å². The van der Waals surface area contributed by atoms with Crippen LogP contribution in [0.15, 0.2) is 36.4 Å². The first-order valence-electron chi connectivity index (χ1n) is 8.37. The highest BCUT2D eigenvalue weighted by Crippen LogP contribution is 2.45. The Balaban J connectivity index is 0.00000109. The molecular weight excluding hydrogens is 326 g/mol. The zero-order valence-corrected chi connectivity index (χ0v) is 14.6. The van der Waals surface area contributed by atoms with E-state index in [1.807, 2.05) is 13.8 Å². The van der Waals surface area contributed by atoms with Crippen molar-refractivity contribution in [1.29, 1.82) is 0 Å². The van der Waals surface area contributed by atoms with Crippen molar-refractivity contribution < 1.29 is 23.4 Å². The molecule has 0 saturated heterocycles. The molecule has 134 valence electrons. The molecule has 2 aromatic carbocycles. The molecule has 25 heavy (non-hydrogen) atoms. The summed E-state index contributed by atoms with van der Waals surface area (Å²) >= 11 is 0. The maximum atomic E-state index is 14.2. The molecule has 1 N–H and O–H groups in total. The third-order valence-electron chi connectivity index (χ3n) is 4.10. The summed E-state index contributed by atoms with van der Waals surface area (Å²) in [5.41, 5.74) is 1.35. The Hall–Kier alpha value is -2.27. The van der Waals surface area contributed by atoms with Gasteiger partial charge in [-0.2, -0.15) is 0 Å². The molecule has 0 radical (unpaired) electrons. The van der Waals surface area contributed by atoms with Gasteiger partial charge in [-0.25, -0.2) is 13.6 Å². The van der Waals surface area contributed by atoms with Crippen LogP contribution < -0.4 is 0 Å². The lowest BCUT2D eigenvalue weighted by Gasteiger charge is -2.17. The minimum atomic E-state index is -1.28. The van der Waals surface area contributed by atoms with E-state index in [2.05, 4.69) is 4.74 Å². The Morgan fingerprint density at radius 2 is 1.72 bits per heavy atom. The van der Waals surface area contributed by atoms with Crippen molar-refractivity contribution in [3.63, 3.8) is 0 Å². The number of aliphatic hydroxyl groups is 1. The number of rotatable bonds is 4. The van der Waals surface area contributed by atoms with Crippen molar-refractivity contribution >= 4 is 5.97 Å². The van der Waals surface area contributed by atoms with Crippen LogP contribution in [-0.2, 0) is 4.74 Å². The van der Waals surface area contributed by atoms with E-state index < -0.39 is 23.7 Å². The molecule has 1 aliphatic rings. The Bertz CT molecular complexity index is 737. The van der Waals surface area contributed by atoms with Gasteiger partial charge in [-0.15, -0.1) is 0 Å². The first kappa shape index (κ1) is 19.1.